The summed E-state index contributed by atoms with van der Waals surface area (Å²) in [5.41, 5.74) is 3.58. The minimum atomic E-state index is -0.902. The average Bonchev–Trinajstić information content (AvgIpc) is 3.28. The Balaban J connectivity index is 1.37. The van der Waals surface area contributed by atoms with Gasteiger partial charge in [-0.3, -0.25) is 4.79 Å². The van der Waals surface area contributed by atoms with Crippen molar-refractivity contribution in [2.24, 2.45) is 0 Å². The number of hydrogen-bond donors (Lipinski definition) is 4. The maximum atomic E-state index is 13.6. The molecule has 1 fully saturated rings. The Morgan fingerprint density at radius 2 is 1.70 bits per heavy atom. The Bertz CT molecular complexity index is 1280. The molecule has 1 heterocycles. The molecule has 3 aromatic rings. The third-order valence-electron chi connectivity index (χ3n) is 6.99. The molecule has 4 N–H and O–H groups in total. The van der Waals surface area contributed by atoms with Gasteiger partial charge in [0.2, 0.25) is 5.91 Å². The number of nitrogens with zero attached hydrogens (tertiary/aromatic N) is 1. The zero-order valence-electron chi connectivity index (χ0n) is 22.7. The maximum Gasteiger partial charge on any atom is 0.318 e. The van der Waals surface area contributed by atoms with Gasteiger partial charge in [0.15, 0.2) is 0 Å². The predicted molar refractivity (Wildman–Crippen MR) is 149 cm³/mol. The summed E-state index contributed by atoms with van der Waals surface area (Å²) in [5.74, 6) is -1.49. The normalized spacial score (nSPS) is 16.6. The van der Waals surface area contributed by atoms with Crippen molar-refractivity contribution in [1.29, 1.82) is 0 Å². The van der Waals surface area contributed by atoms with Crippen molar-refractivity contribution in [3.05, 3.63) is 107 Å². The fourth-order valence-corrected chi connectivity index (χ4v) is 4.80. The lowest BCUT2D eigenvalue weighted by atomic mass is 10.00. The zero-order chi connectivity index (χ0) is 28.6. The van der Waals surface area contributed by atoms with Gasteiger partial charge < -0.3 is 26.0 Å². The molecule has 0 bridgehead atoms. The molecule has 0 saturated carbocycles. The number of aliphatic hydroxyl groups is 1. The molecule has 1 saturated heterocycles. The lowest BCUT2D eigenvalue weighted by Crippen LogP contribution is -2.53. The topological polar surface area (TPSA) is 93.7 Å². The summed E-state index contributed by atoms with van der Waals surface area (Å²) in [6.07, 6.45) is -0.508. The van der Waals surface area contributed by atoms with Crippen molar-refractivity contribution in [3.63, 3.8) is 0 Å². The molecule has 3 amide bonds. The number of nitrogens with one attached hydrogen (secondary N) is 3. The molecular formula is C31H36F2N4O3. The van der Waals surface area contributed by atoms with Crippen LogP contribution in [-0.2, 0) is 24.3 Å². The highest BCUT2D eigenvalue weighted by Gasteiger charge is 2.35. The van der Waals surface area contributed by atoms with Crippen LogP contribution in [0.3, 0.4) is 0 Å². The van der Waals surface area contributed by atoms with Gasteiger partial charge in [-0.25, -0.2) is 13.6 Å². The van der Waals surface area contributed by atoms with E-state index >= 15 is 0 Å². The van der Waals surface area contributed by atoms with Crippen LogP contribution in [0, 0.1) is 11.6 Å². The van der Waals surface area contributed by atoms with Crippen LogP contribution < -0.4 is 16.0 Å². The Labute approximate surface area is 233 Å². The second-order valence-electron chi connectivity index (χ2n) is 10.6. The van der Waals surface area contributed by atoms with Gasteiger partial charge in [-0.05, 0) is 46.7 Å². The number of carbonyl (C=O) groups is 2. The average molecular weight is 551 g/mol. The zero-order valence-corrected chi connectivity index (χ0v) is 22.7. The third-order valence-corrected chi connectivity index (χ3v) is 6.99. The van der Waals surface area contributed by atoms with Gasteiger partial charge in [0, 0.05) is 25.7 Å². The highest BCUT2D eigenvalue weighted by Crippen LogP contribution is 2.17. The summed E-state index contributed by atoms with van der Waals surface area (Å²) in [7, 11) is 0. The van der Waals surface area contributed by atoms with Gasteiger partial charge in [0.05, 0.1) is 18.7 Å². The van der Waals surface area contributed by atoms with E-state index in [4.69, 9.17) is 0 Å². The lowest BCUT2D eigenvalue weighted by Gasteiger charge is -2.26. The fraction of sp³-hybridized carbons (Fsp3) is 0.355. The van der Waals surface area contributed by atoms with Gasteiger partial charge in [-0.15, -0.1) is 0 Å². The van der Waals surface area contributed by atoms with E-state index in [1.807, 2.05) is 42.5 Å². The molecule has 0 aromatic heterocycles. The van der Waals surface area contributed by atoms with Gasteiger partial charge in [0.1, 0.15) is 17.7 Å². The third kappa shape index (κ3) is 8.09. The van der Waals surface area contributed by atoms with Crippen LogP contribution in [0.4, 0.5) is 13.6 Å². The van der Waals surface area contributed by atoms with Crippen molar-refractivity contribution in [1.82, 2.24) is 20.9 Å². The Morgan fingerprint density at radius 3 is 2.40 bits per heavy atom. The molecule has 4 rings (SSSR count). The smallest absolute Gasteiger partial charge is 0.318 e. The van der Waals surface area contributed by atoms with E-state index in [9.17, 15) is 23.5 Å². The first-order chi connectivity index (χ1) is 19.2. The van der Waals surface area contributed by atoms with Crippen molar-refractivity contribution in [3.8, 4) is 0 Å². The van der Waals surface area contributed by atoms with E-state index in [0.29, 0.717) is 18.9 Å². The molecular weight excluding hydrogens is 514 g/mol. The first-order valence-corrected chi connectivity index (χ1v) is 13.5. The highest BCUT2D eigenvalue weighted by atomic mass is 19.1. The number of urea groups is 1. The highest BCUT2D eigenvalue weighted by molar-refractivity contribution is 5.90. The molecule has 212 valence electrons. The molecule has 0 radical (unpaired) electrons. The SMILES string of the molecule is CC(C)c1cccc(CNC[C@@H](O)[C@H](Cc2ccccc2)NC(=O)[C@@H]2CN(Cc3cc(F)cc(F)c3)C(=O)N2)c1. The van der Waals surface area contributed by atoms with Crippen molar-refractivity contribution < 1.29 is 23.5 Å². The molecule has 1 aliphatic rings. The first-order valence-electron chi connectivity index (χ1n) is 13.5. The lowest BCUT2D eigenvalue weighted by molar-refractivity contribution is -0.124. The second-order valence-corrected chi connectivity index (χ2v) is 10.6. The van der Waals surface area contributed by atoms with Crippen molar-refractivity contribution in [2.45, 2.75) is 57.5 Å². The number of halogens is 2. The molecule has 3 atom stereocenters. The largest absolute Gasteiger partial charge is 0.390 e. The van der Waals surface area contributed by atoms with Crippen LogP contribution in [0.25, 0.3) is 0 Å². The van der Waals surface area contributed by atoms with E-state index in [1.54, 1.807) is 0 Å². The fourth-order valence-electron chi connectivity index (χ4n) is 4.80. The van der Waals surface area contributed by atoms with E-state index in [0.717, 1.165) is 29.3 Å². The molecule has 1 aliphatic heterocycles. The summed E-state index contributed by atoms with van der Waals surface area (Å²) in [6.45, 7) is 5.08. The van der Waals surface area contributed by atoms with E-state index < -0.39 is 41.8 Å². The monoisotopic (exact) mass is 550 g/mol. The minimum absolute atomic E-state index is 0.0292. The number of amides is 3. The molecule has 9 heteroatoms. The molecule has 0 unspecified atom stereocenters. The number of rotatable bonds is 12. The molecule has 0 spiro atoms. The van der Waals surface area contributed by atoms with E-state index in [2.05, 4.69) is 41.9 Å². The van der Waals surface area contributed by atoms with Crippen LogP contribution in [0.2, 0.25) is 0 Å². The number of aliphatic hydroxyl groups excluding tert-OH is 1. The minimum Gasteiger partial charge on any atom is -0.390 e. The predicted octanol–water partition coefficient (Wildman–Crippen LogP) is 3.86. The summed E-state index contributed by atoms with van der Waals surface area (Å²) >= 11 is 0. The summed E-state index contributed by atoms with van der Waals surface area (Å²) < 4.78 is 27.2. The van der Waals surface area contributed by atoms with Crippen molar-refractivity contribution in [2.75, 3.05) is 13.1 Å². The number of carbonyl (C=O) groups excluding carboxylic acids is 2. The quantitative estimate of drug-likeness (QED) is 0.276. The molecule has 40 heavy (non-hydrogen) atoms. The van der Waals surface area contributed by atoms with E-state index in [-0.39, 0.29) is 25.2 Å². The van der Waals surface area contributed by atoms with E-state index in [1.165, 1.54) is 10.5 Å². The Kier molecular flexibility index (Phi) is 9.84. The Morgan fingerprint density at radius 1 is 1.00 bits per heavy atom. The molecule has 3 aromatic carbocycles. The van der Waals surface area contributed by atoms with Crippen LogP contribution in [0.15, 0.2) is 72.8 Å². The van der Waals surface area contributed by atoms with Gasteiger partial charge >= 0.3 is 6.03 Å². The summed E-state index contributed by atoms with van der Waals surface area (Å²) in [4.78, 5) is 27.0. The van der Waals surface area contributed by atoms with Crippen LogP contribution >= 0.6 is 0 Å². The maximum absolute atomic E-state index is 13.6. The van der Waals surface area contributed by atoms with Crippen LogP contribution in [0.5, 0.6) is 0 Å². The van der Waals surface area contributed by atoms with Gasteiger partial charge in [-0.2, -0.15) is 0 Å². The molecule has 0 aliphatic carbocycles. The van der Waals surface area contributed by atoms with Gasteiger partial charge in [-0.1, -0.05) is 68.4 Å². The molecule has 7 nitrogen and oxygen atoms in total. The first kappa shape index (κ1) is 29.2. The Hall–Kier alpha value is -3.82. The standard InChI is InChI=1S/C31H36F2N4O3/c1-20(2)24-10-6-9-22(11-24)16-34-17-29(38)27(14-21-7-4-3-5-8-21)35-30(39)28-19-37(31(40)36-28)18-23-12-25(32)15-26(33)13-23/h3-13,15,20,27-29,34,38H,14,16-19H2,1-2H3,(H,35,39)(H,36,40)/t27-,28-,29+/m0/s1. The summed E-state index contributed by atoms with van der Waals surface area (Å²) in [6, 6.07) is 18.9. The van der Waals surface area contributed by atoms with Crippen LogP contribution in [0.1, 0.15) is 42.0 Å². The summed E-state index contributed by atoms with van der Waals surface area (Å²) in [5, 5.41) is 19.9. The number of benzene rings is 3. The second kappa shape index (κ2) is 13.5. The van der Waals surface area contributed by atoms with Crippen molar-refractivity contribution >= 4 is 11.9 Å². The van der Waals surface area contributed by atoms with Crippen LogP contribution in [-0.4, -0.2) is 53.2 Å². The number of hydrogen-bond acceptors (Lipinski definition) is 4. The van der Waals surface area contributed by atoms with Gasteiger partial charge in [0.25, 0.3) is 0 Å².